The SMILES string of the molecule is Cc1[nH]c(C(C)(C)C)nc1CC1CCCN1. The zero-order chi connectivity index (χ0) is 11.8. The van der Waals surface area contributed by atoms with Crippen LogP contribution in [-0.4, -0.2) is 22.6 Å². The number of imidazole rings is 1. The average Bonchev–Trinajstić information content (AvgIpc) is 2.76. The Hall–Kier alpha value is -0.830. The van der Waals surface area contributed by atoms with Gasteiger partial charge in [0.2, 0.25) is 0 Å². The van der Waals surface area contributed by atoms with Crippen LogP contribution in [0.4, 0.5) is 0 Å². The van der Waals surface area contributed by atoms with Gasteiger partial charge in [0.05, 0.1) is 5.69 Å². The van der Waals surface area contributed by atoms with Gasteiger partial charge in [-0.25, -0.2) is 4.98 Å². The van der Waals surface area contributed by atoms with Gasteiger partial charge >= 0.3 is 0 Å². The topological polar surface area (TPSA) is 40.7 Å². The van der Waals surface area contributed by atoms with E-state index in [2.05, 4.69) is 38.0 Å². The number of aryl methyl sites for hydroxylation is 1. The Balaban J connectivity index is 2.12. The standard InChI is InChI=1S/C13H23N3/c1-9-11(8-10-6-5-7-14-10)16-12(15-9)13(2,3)4/h10,14H,5-8H2,1-4H3,(H,15,16). The maximum atomic E-state index is 4.75. The van der Waals surface area contributed by atoms with Gasteiger partial charge in [-0.05, 0) is 26.3 Å². The fourth-order valence-electron chi connectivity index (χ4n) is 2.21. The molecule has 0 aromatic carbocycles. The maximum Gasteiger partial charge on any atom is 0.111 e. The summed E-state index contributed by atoms with van der Waals surface area (Å²) in [5.74, 6) is 1.11. The van der Waals surface area contributed by atoms with E-state index in [1.165, 1.54) is 30.8 Å². The number of nitrogens with one attached hydrogen (secondary N) is 2. The molecule has 16 heavy (non-hydrogen) atoms. The first-order valence-corrected chi connectivity index (χ1v) is 6.26. The van der Waals surface area contributed by atoms with E-state index in [1.54, 1.807) is 0 Å². The Morgan fingerprint density at radius 2 is 2.12 bits per heavy atom. The summed E-state index contributed by atoms with van der Waals surface area (Å²) in [6, 6.07) is 0.634. The van der Waals surface area contributed by atoms with Crippen LogP contribution in [0.15, 0.2) is 0 Å². The highest BCUT2D eigenvalue weighted by Gasteiger charge is 2.22. The normalized spacial score (nSPS) is 21.6. The molecule has 1 atom stereocenters. The van der Waals surface area contributed by atoms with E-state index in [0.717, 1.165) is 12.2 Å². The molecule has 1 saturated heterocycles. The lowest BCUT2D eigenvalue weighted by molar-refractivity contribution is 0.547. The van der Waals surface area contributed by atoms with E-state index in [9.17, 15) is 0 Å². The van der Waals surface area contributed by atoms with Crippen molar-refractivity contribution >= 4 is 0 Å². The van der Waals surface area contributed by atoms with Crippen LogP contribution in [0.25, 0.3) is 0 Å². The lowest BCUT2D eigenvalue weighted by Crippen LogP contribution is -2.24. The zero-order valence-electron chi connectivity index (χ0n) is 10.9. The first-order valence-electron chi connectivity index (χ1n) is 6.26. The van der Waals surface area contributed by atoms with Gasteiger partial charge in [-0.15, -0.1) is 0 Å². The molecule has 1 fully saturated rings. The summed E-state index contributed by atoms with van der Waals surface area (Å²) in [5, 5.41) is 3.53. The van der Waals surface area contributed by atoms with Crippen LogP contribution in [0.5, 0.6) is 0 Å². The monoisotopic (exact) mass is 221 g/mol. The molecule has 0 aliphatic carbocycles. The molecule has 1 aliphatic heterocycles. The maximum absolute atomic E-state index is 4.75. The van der Waals surface area contributed by atoms with Gasteiger partial charge in [-0.1, -0.05) is 20.8 Å². The molecule has 3 heteroatoms. The molecule has 1 unspecified atom stereocenters. The summed E-state index contributed by atoms with van der Waals surface area (Å²) >= 11 is 0. The van der Waals surface area contributed by atoms with E-state index in [0.29, 0.717) is 6.04 Å². The number of H-pyrrole nitrogens is 1. The largest absolute Gasteiger partial charge is 0.345 e. The minimum atomic E-state index is 0.117. The van der Waals surface area contributed by atoms with Crippen LogP contribution in [0, 0.1) is 6.92 Å². The molecule has 2 heterocycles. The molecule has 1 aromatic heterocycles. The highest BCUT2D eigenvalue weighted by molar-refractivity contribution is 5.18. The Kier molecular flexibility index (Phi) is 3.06. The van der Waals surface area contributed by atoms with Crippen LogP contribution in [0.2, 0.25) is 0 Å². The predicted octanol–water partition coefficient (Wildman–Crippen LogP) is 2.31. The van der Waals surface area contributed by atoms with Crippen molar-refractivity contribution in [2.45, 2.75) is 58.4 Å². The summed E-state index contributed by atoms with van der Waals surface area (Å²) in [6.07, 6.45) is 3.66. The van der Waals surface area contributed by atoms with Crippen molar-refractivity contribution in [2.24, 2.45) is 0 Å². The van der Waals surface area contributed by atoms with E-state index in [1.807, 2.05) is 0 Å². The highest BCUT2D eigenvalue weighted by Crippen LogP contribution is 2.22. The fourth-order valence-corrected chi connectivity index (χ4v) is 2.21. The Morgan fingerprint density at radius 1 is 1.38 bits per heavy atom. The minimum absolute atomic E-state index is 0.117. The number of hydrogen-bond acceptors (Lipinski definition) is 2. The van der Waals surface area contributed by atoms with Crippen molar-refractivity contribution in [3.63, 3.8) is 0 Å². The minimum Gasteiger partial charge on any atom is -0.345 e. The van der Waals surface area contributed by atoms with Crippen LogP contribution in [-0.2, 0) is 11.8 Å². The first-order chi connectivity index (χ1) is 7.47. The lowest BCUT2D eigenvalue weighted by Gasteiger charge is -2.14. The van der Waals surface area contributed by atoms with Gasteiger partial charge in [0.25, 0.3) is 0 Å². The third kappa shape index (κ3) is 2.46. The van der Waals surface area contributed by atoms with E-state index >= 15 is 0 Å². The molecular formula is C13H23N3. The zero-order valence-corrected chi connectivity index (χ0v) is 10.9. The Labute approximate surface area is 98.1 Å². The van der Waals surface area contributed by atoms with Crippen molar-refractivity contribution in [3.05, 3.63) is 17.2 Å². The van der Waals surface area contributed by atoms with E-state index < -0.39 is 0 Å². The van der Waals surface area contributed by atoms with Gasteiger partial charge in [0.15, 0.2) is 0 Å². The van der Waals surface area contributed by atoms with Crippen LogP contribution in [0.1, 0.15) is 50.8 Å². The predicted molar refractivity (Wildman–Crippen MR) is 66.8 cm³/mol. The van der Waals surface area contributed by atoms with Crippen molar-refractivity contribution in [3.8, 4) is 0 Å². The molecule has 2 rings (SSSR count). The molecule has 1 aromatic rings. The van der Waals surface area contributed by atoms with Crippen LogP contribution < -0.4 is 5.32 Å². The summed E-state index contributed by atoms with van der Waals surface area (Å²) < 4.78 is 0. The molecule has 0 radical (unpaired) electrons. The molecule has 3 nitrogen and oxygen atoms in total. The molecule has 1 aliphatic rings. The van der Waals surface area contributed by atoms with Crippen molar-refractivity contribution in [1.29, 1.82) is 0 Å². The lowest BCUT2D eigenvalue weighted by atomic mass is 9.96. The Bertz CT molecular complexity index is 354. The van der Waals surface area contributed by atoms with E-state index in [-0.39, 0.29) is 5.41 Å². The van der Waals surface area contributed by atoms with Gasteiger partial charge in [-0.2, -0.15) is 0 Å². The van der Waals surface area contributed by atoms with Gasteiger partial charge in [0.1, 0.15) is 5.82 Å². The van der Waals surface area contributed by atoms with E-state index in [4.69, 9.17) is 4.98 Å². The molecule has 90 valence electrons. The molecule has 0 saturated carbocycles. The number of nitrogens with zero attached hydrogens (tertiary/aromatic N) is 1. The molecule has 0 spiro atoms. The van der Waals surface area contributed by atoms with Crippen molar-refractivity contribution in [1.82, 2.24) is 15.3 Å². The molecule has 2 N–H and O–H groups in total. The highest BCUT2D eigenvalue weighted by atomic mass is 15.0. The second-order valence-corrected chi connectivity index (χ2v) is 5.90. The summed E-state index contributed by atoms with van der Waals surface area (Å²) in [7, 11) is 0. The number of rotatable bonds is 2. The quantitative estimate of drug-likeness (QED) is 0.804. The number of aromatic nitrogens is 2. The molecular weight excluding hydrogens is 198 g/mol. The summed E-state index contributed by atoms with van der Waals surface area (Å²) in [6.45, 7) is 9.89. The van der Waals surface area contributed by atoms with Crippen molar-refractivity contribution in [2.75, 3.05) is 6.54 Å². The average molecular weight is 221 g/mol. The van der Waals surface area contributed by atoms with Gasteiger partial charge in [-0.3, -0.25) is 0 Å². The molecule has 0 amide bonds. The second-order valence-electron chi connectivity index (χ2n) is 5.90. The fraction of sp³-hybridized carbons (Fsp3) is 0.769. The summed E-state index contributed by atoms with van der Waals surface area (Å²) in [4.78, 5) is 8.17. The first kappa shape index (κ1) is 11.6. The van der Waals surface area contributed by atoms with Crippen LogP contribution >= 0.6 is 0 Å². The number of hydrogen-bond donors (Lipinski definition) is 2. The van der Waals surface area contributed by atoms with Crippen LogP contribution in [0.3, 0.4) is 0 Å². The second kappa shape index (κ2) is 4.21. The van der Waals surface area contributed by atoms with Gasteiger partial charge in [0, 0.05) is 23.6 Å². The molecule has 0 bridgehead atoms. The smallest absolute Gasteiger partial charge is 0.111 e. The Morgan fingerprint density at radius 3 is 2.62 bits per heavy atom. The third-order valence-corrected chi connectivity index (χ3v) is 3.30. The summed E-state index contributed by atoms with van der Waals surface area (Å²) in [5.41, 5.74) is 2.59. The van der Waals surface area contributed by atoms with Gasteiger partial charge < -0.3 is 10.3 Å². The van der Waals surface area contributed by atoms with Crippen molar-refractivity contribution < 1.29 is 0 Å². The number of aromatic amines is 1. The third-order valence-electron chi connectivity index (χ3n) is 3.30.